The second-order valence-corrected chi connectivity index (χ2v) is 6.86. The quantitative estimate of drug-likeness (QED) is 0.669. The molecule has 0 bridgehead atoms. The van der Waals surface area contributed by atoms with Crippen LogP contribution in [-0.4, -0.2) is 25.5 Å². The first-order valence-electron chi connectivity index (χ1n) is 6.47. The van der Waals surface area contributed by atoms with Crippen molar-refractivity contribution in [1.82, 2.24) is 9.97 Å². The Morgan fingerprint density at radius 1 is 1.09 bits per heavy atom. The van der Waals surface area contributed by atoms with Gasteiger partial charge in [-0.05, 0) is 36.4 Å². The molecule has 23 heavy (non-hydrogen) atoms. The van der Waals surface area contributed by atoms with E-state index >= 15 is 0 Å². The molecule has 1 heterocycles. The summed E-state index contributed by atoms with van der Waals surface area (Å²) in [7, 11) is -2.44. The minimum Gasteiger partial charge on any atom is -0.495 e. The third-order valence-corrected chi connectivity index (χ3v) is 4.80. The van der Waals surface area contributed by atoms with Crippen LogP contribution in [0.1, 0.15) is 0 Å². The lowest BCUT2D eigenvalue weighted by Gasteiger charge is -2.12. The summed E-state index contributed by atoms with van der Waals surface area (Å²) in [6.45, 7) is 0. The van der Waals surface area contributed by atoms with Crippen LogP contribution in [0.3, 0.4) is 0 Å². The van der Waals surface area contributed by atoms with Gasteiger partial charge in [-0.3, -0.25) is 4.72 Å². The highest BCUT2D eigenvalue weighted by Gasteiger charge is 2.18. The molecule has 0 spiro atoms. The van der Waals surface area contributed by atoms with Crippen LogP contribution in [0.15, 0.2) is 46.1 Å². The summed E-state index contributed by atoms with van der Waals surface area (Å²) in [6.07, 6.45) is 0. The number of nitrogens with one attached hydrogen (secondary N) is 3. The zero-order valence-corrected chi connectivity index (χ0v) is 13.5. The molecule has 120 valence electrons. The van der Waals surface area contributed by atoms with E-state index in [4.69, 9.17) is 16.3 Å². The Morgan fingerprint density at radius 3 is 2.57 bits per heavy atom. The van der Waals surface area contributed by atoms with Gasteiger partial charge in [-0.25, -0.2) is 13.2 Å². The van der Waals surface area contributed by atoms with E-state index < -0.39 is 15.7 Å². The number of H-pyrrole nitrogens is 2. The van der Waals surface area contributed by atoms with Gasteiger partial charge in [0.2, 0.25) is 0 Å². The first-order chi connectivity index (χ1) is 10.9. The van der Waals surface area contributed by atoms with Crippen molar-refractivity contribution < 1.29 is 13.2 Å². The SMILES string of the molecule is COc1ccc(Cl)cc1NS(=O)(=O)c1ccc2[nH]c(=O)[nH]c2c1. The van der Waals surface area contributed by atoms with E-state index in [0.717, 1.165) is 0 Å². The molecule has 9 heteroatoms. The number of aromatic nitrogens is 2. The Kier molecular flexibility index (Phi) is 3.78. The minimum absolute atomic E-state index is 0.00211. The summed E-state index contributed by atoms with van der Waals surface area (Å²) < 4.78 is 32.6. The Balaban J connectivity index is 2.03. The molecule has 1 aromatic heterocycles. The average molecular weight is 354 g/mol. The maximum Gasteiger partial charge on any atom is 0.323 e. The summed E-state index contributed by atoms with van der Waals surface area (Å²) in [4.78, 5) is 16.3. The fraction of sp³-hybridized carbons (Fsp3) is 0.0714. The van der Waals surface area contributed by atoms with Crippen molar-refractivity contribution in [3.63, 3.8) is 0 Å². The smallest absolute Gasteiger partial charge is 0.323 e. The maximum atomic E-state index is 12.5. The van der Waals surface area contributed by atoms with Crippen LogP contribution >= 0.6 is 11.6 Å². The van der Waals surface area contributed by atoms with Crippen LogP contribution in [0.4, 0.5) is 5.69 Å². The molecule has 0 atom stereocenters. The highest BCUT2D eigenvalue weighted by atomic mass is 35.5. The van der Waals surface area contributed by atoms with Crippen molar-refractivity contribution in [3.05, 3.63) is 51.9 Å². The molecule has 0 aliphatic rings. The van der Waals surface area contributed by atoms with Gasteiger partial charge in [0.05, 0.1) is 28.7 Å². The molecular weight excluding hydrogens is 342 g/mol. The molecule has 0 aliphatic heterocycles. The number of benzene rings is 2. The maximum absolute atomic E-state index is 12.5. The molecule has 0 unspecified atom stereocenters. The fourth-order valence-corrected chi connectivity index (χ4v) is 3.40. The van der Waals surface area contributed by atoms with Gasteiger partial charge in [-0.1, -0.05) is 11.6 Å². The Hall–Kier alpha value is -2.45. The molecule has 2 aromatic carbocycles. The number of methoxy groups -OCH3 is 1. The highest BCUT2D eigenvalue weighted by Crippen LogP contribution is 2.30. The van der Waals surface area contributed by atoms with E-state index in [0.29, 0.717) is 21.8 Å². The zero-order valence-electron chi connectivity index (χ0n) is 11.9. The van der Waals surface area contributed by atoms with Crippen LogP contribution < -0.4 is 15.1 Å². The van der Waals surface area contributed by atoms with E-state index in [-0.39, 0.29) is 10.6 Å². The Bertz CT molecular complexity index is 1040. The second kappa shape index (κ2) is 5.64. The van der Waals surface area contributed by atoms with Gasteiger partial charge < -0.3 is 14.7 Å². The van der Waals surface area contributed by atoms with Crippen molar-refractivity contribution in [3.8, 4) is 5.75 Å². The van der Waals surface area contributed by atoms with Crippen LogP contribution in [0, 0.1) is 0 Å². The zero-order chi connectivity index (χ0) is 16.6. The molecule has 3 rings (SSSR count). The number of hydrogen-bond acceptors (Lipinski definition) is 4. The van der Waals surface area contributed by atoms with E-state index in [1.165, 1.54) is 31.4 Å². The highest BCUT2D eigenvalue weighted by molar-refractivity contribution is 7.92. The van der Waals surface area contributed by atoms with Gasteiger partial charge in [0, 0.05) is 5.02 Å². The standard InChI is InChI=1S/C14H12ClN3O4S/c1-22-13-5-2-8(15)6-12(13)18-23(20,21)9-3-4-10-11(7-9)17-14(19)16-10/h2-7,18H,1H3,(H2,16,17,19). The number of sulfonamides is 1. The van der Waals surface area contributed by atoms with Gasteiger partial charge in [0.1, 0.15) is 5.75 Å². The van der Waals surface area contributed by atoms with Crippen molar-refractivity contribution >= 4 is 38.3 Å². The summed E-state index contributed by atoms with van der Waals surface area (Å²) >= 11 is 5.90. The summed E-state index contributed by atoms with van der Waals surface area (Å²) in [5, 5.41) is 0.369. The first kappa shape index (κ1) is 15.4. The predicted molar refractivity (Wildman–Crippen MR) is 87.7 cm³/mol. The molecule has 0 fully saturated rings. The molecule has 3 N–H and O–H groups in total. The number of imidazole rings is 1. The van der Waals surface area contributed by atoms with Crippen LogP contribution in [0.5, 0.6) is 5.75 Å². The third kappa shape index (κ3) is 3.03. The lowest BCUT2D eigenvalue weighted by Crippen LogP contribution is -2.13. The summed E-state index contributed by atoms with van der Waals surface area (Å²) in [5.74, 6) is 0.342. The van der Waals surface area contributed by atoms with Crippen molar-refractivity contribution in [1.29, 1.82) is 0 Å². The van der Waals surface area contributed by atoms with Crippen molar-refractivity contribution in [2.75, 3.05) is 11.8 Å². The van der Waals surface area contributed by atoms with Gasteiger partial charge in [0.25, 0.3) is 10.0 Å². The van der Waals surface area contributed by atoms with Crippen molar-refractivity contribution in [2.45, 2.75) is 4.90 Å². The van der Waals surface area contributed by atoms with Crippen LogP contribution in [0.25, 0.3) is 11.0 Å². The van der Waals surface area contributed by atoms with Gasteiger partial charge in [-0.15, -0.1) is 0 Å². The largest absolute Gasteiger partial charge is 0.495 e. The topological polar surface area (TPSA) is 104 Å². The molecule has 0 aliphatic carbocycles. The average Bonchev–Trinajstić information content (AvgIpc) is 2.86. The summed E-state index contributed by atoms with van der Waals surface area (Å²) in [6, 6.07) is 8.88. The summed E-state index contributed by atoms with van der Waals surface area (Å²) in [5.41, 5.74) is 0.742. The molecular formula is C14H12ClN3O4S. The third-order valence-electron chi connectivity index (χ3n) is 3.20. The number of anilines is 1. The number of halogens is 1. The van der Waals surface area contributed by atoms with Crippen LogP contribution in [-0.2, 0) is 10.0 Å². The van der Waals surface area contributed by atoms with Gasteiger partial charge in [0.15, 0.2) is 0 Å². The minimum atomic E-state index is -3.87. The van der Waals surface area contributed by atoms with Crippen LogP contribution in [0.2, 0.25) is 5.02 Å². The molecule has 0 amide bonds. The van der Waals surface area contributed by atoms with E-state index in [2.05, 4.69) is 14.7 Å². The number of rotatable bonds is 4. The Morgan fingerprint density at radius 2 is 1.83 bits per heavy atom. The fourth-order valence-electron chi connectivity index (χ4n) is 2.14. The van der Waals surface area contributed by atoms with Gasteiger partial charge in [-0.2, -0.15) is 0 Å². The number of ether oxygens (including phenoxy) is 1. The first-order valence-corrected chi connectivity index (χ1v) is 8.33. The lowest BCUT2D eigenvalue weighted by atomic mass is 10.3. The van der Waals surface area contributed by atoms with Gasteiger partial charge >= 0.3 is 5.69 Å². The van der Waals surface area contributed by atoms with E-state index in [9.17, 15) is 13.2 Å². The number of aromatic amines is 2. The normalized spacial score (nSPS) is 11.6. The monoisotopic (exact) mass is 353 g/mol. The van der Waals surface area contributed by atoms with Crippen molar-refractivity contribution in [2.24, 2.45) is 0 Å². The van der Waals surface area contributed by atoms with E-state index in [1.807, 2.05) is 0 Å². The lowest BCUT2D eigenvalue weighted by molar-refractivity contribution is 0.417. The number of fused-ring (bicyclic) bond motifs is 1. The molecule has 3 aromatic rings. The molecule has 0 saturated carbocycles. The predicted octanol–water partition coefficient (Wildman–Crippen LogP) is 2.32. The Labute approximate surface area is 136 Å². The number of hydrogen-bond donors (Lipinski definition) is 3. The second-order valence-electron chi connectivity index (χ2n) is 4.74. The molecule has 0 saturated heterocycles. The molecule has 7 nitrogen and oxygen atoms in total. The molecule has 0 radical (unpaired) electrons. The van der Waals surface area contributed by atoms with E-state index in [1.54, 1.807) is 12.1 Å².